The number of benzene rings is 1. The fraction of sp³-hybridized carbons (Fsp3) is 0.571. The van der Waals surface area contributed by atoms with Crippen LogP contribution in [0.1, 0.15) is 56.6 Å². The molecular formula is C21H30N4O2S. The van der Waals surface area contributed by atoms with Crippen LogP contribution in [-0.2, 0) is 28.5 Å². The van der Waals surface area contributed by atoms with E-state index in [1.54, 1.807) is 16.4 Å². The molecule has 28 heavy (non-hydrogen) atoms. The van der Waals surface area contributed by atoms with E-state index in [4.69, 9.17) is 0 Å². The molecule has 1 aromatic heterocycles. The molecule has 2 aliphatic rings. The molecule has 3 heterocycles. The van der Waals surface area contributed by atoms with Crippen LogP contribution in [0.4, 0.5) is 0 Å². The first-order chi connectivity index (χ1) is 13.3. The summed E-state index contributed by atoms with van der Waals surface area (Å²) < 4.78 is 30.1. The molecule has 6 nitrogen and oxygen atoms in total. The van der Waals surface area contributed by atoms with Crippen LogP contribution in [-0.4, -0.2) is 41.9 Å². The van der Waals surface area contributed by atoms with Gasteiger partial charge in [-0.3, -0.25) is 0 Å². The number of imidazole rings is 1. The molecule has 2 aromatic rings. The summed E-state index contributed by atoms with van der Waals surface area (Å²) in [5, 5.41) is 3.34. The van der Waals surface area contributed by atoms with Crippen LogP contribution in [0, 0.1) is 0 Å². The van der Waals surface area contributed by atoms with Gasteiger partial charge in [0.05, 0.1) is 11.4 Å². The number of hydrogen-bond donors (Lipinski definition) is 1. The van der Waals surface area contributed by atoms with Crippen LogP contribution in [0.3, 0.4) is 0 Å². The molecule has 0 bridgehead atoms. The quantitative estimate of drug-likeness (QED) is 0.857. The Morgan fingerprint density at radius 1 is 1.07 bits per heavy atom. The van der Waals surface area contributed by atoms with Crippen LogP contribution in [0.5, 0.6) is 0 Å². The second-order valence-electron chi connectivity index (χ2n) is 8.88. The Morgan fingerprint density at radius 3 is 2.39 bits per heavy atom. The first-order valence-electron chi connectivity index (χ1n) is 10.1. The number of nitrogens with zero attached hydrogens (tertiary/aromatic N) is 3. The van der Waals surface area contributed by atoms with E-state index >= 15 is 0 Å². The van der Waals surface area contributed by atoms with E-state index in [1.807, 2.05) is 18.3 Å². The van der Waals surface area contributed by atoms with E-state index in [9.17, 15) is 8.42 Å². The summed E-state index contributed by atoms with van der Waals surface area (Å²) in [6.07, 6.45) is 3.68. The first-order valence-corrected chi connectivity index (χ1v) is 11.6. The summed E-state index contributed by atoms with van der Waals surface area (Å²) in [4.78, 5) is 4.94. The third-order valence-corrected chi connectivity index (χ3v) is 7.91. The molecule has 2 aliphatic heterocycles. The van der Waals surface area contributed by atoms with E-state index < -0.39 is 10.0 Å². The highest BCUT2D eigenvalue weighted by atomic mass is 32.2. The number of rotatable bonds is 3. The number of aromatic nitrogens is 2. The molecule has 4 rings (SSSR count). The van der Waals surface area contributed by atoms with Crippen LogP contribution < -0.4 is 5.32 Å². The third-order valence-electron chi connectivity index (χ3n) is 5.99. The Labute approximate surface area is 168 Å². The average Bonchev–Trinajstić information content (AvgIpc) is 3.12. The molecule has 1 fully saturated rings. The summed E-state index contributed by atoms with van der Waals surface area (Å²) in [6.45, 7) is 10.3. The zero-order valence-corrected chi connectivity index (χ0v) is 17.8. The lowest BCUT2D eigenvalue weighted by Gasteiger charge is -2.32. The normalized spacial score (nSPS) is 19.5. The van der Waals surface area contributed by atoms with Crippen molar-refractivity contribution in [1.29, 1.82) is 0 Å². The van der Waals surface area contributed by atoms with Crippen molar-refractivity contribution in [3.63, 3.8) is 0 Å². The fourth-order valence-corrected chi connectivity index (χ4v) is 5.68. The smallest absolute Gasteiger partial charge is 0.243 e. The maximum absolute atomic E-state index is 13.1. The predicted molar refractivity (Wildman–Crippen MR) is 110 cm³/mol. The van der Waals surface area contributed by atoms with Gasteiger partial charge >= 0.3 is 0 Å². The molecule has 0 spiro atoms. The van der Waals surface area contributed by atoms with Gasteiger partial charge in [-0.15, -0.1) is 0 Å². The van der Waals surface area contributed by atoms with Gasteiger partial charge in [0.25, 0.3) is 0 Å². The minimum Gasteiger partial charge on any atom is -0.329 e. The molecule has 0 saturated carbocycles. The molecule has 0 aliphatic carbocycles. The first kappa shape index (κ1) is 19.6. The molecule has 0 amide bonds. The van der Waals surface area contributed by atoms with Crippen LogP contribution in [0.2, 0.25) is 0 Å². The van der Waals surface area contributed by atoms with E-state index in [0.29, 0.717) is 23.9 Å². The van der Waals surface area contributed by atoms with E-state index in [0.717, 1.165) is 43.9 Å². The van der Waals surface area contributed by atoms with Crippen molar-refractivity contribution >= 4 is 10.0 Å². The lowest BCUT2D eigenvalue weighted by Crippen LogP contribution is -2.38. The monoisotopic (exact) mass is 402 g/mol. The highest BCUT2D eigenvalue weighted by Gasteiger charge is 2.32. The molecule has 152 valence electrons. The van der Waals surface area contributed by atoms with Crippen molar-refractivity contribution in [3.05, 3.63) is 47.5 Å². The highest BCUT2D eigenvalue weighted by Crippen LogP contribution is 2.32. The summed E-state index contributed by atoms with van der Waals surface area (Å²) in [7, 11) is -3.43. The van der Waals surface area contributed by atoms with Crippen molar-refractivity contribution in [3.8, 4) is 0 Å². The van der Waals surface area contributed by atoms with Gasteiger partial charge in [-0.05, 0) is 36.0 Å². The van der Waals surface area contributed by atoms with E-state index in [-0.39, 0.29) is 5.41 Å². The lowest BCUT2D eigenvalue weighted by molar-refractivity contribution is 0.310. The van der Waals surface area contributed by atoms with Gasteiger partial charge in [0.15, 0.2) is 0 Å². The van der Waals surface area contributed by atoms with Gasteiger partial charge in [-0.1, -0.05) is 32.9 Å². The predicted octanol–water partition coefficient (Wildman–Crippen LogP) is 2.85. The SMILES string of the molecule is CC(C)(C)c1ccc(S(=O)(=O)N2CCC(c3cnc4n3CCNC4)CC2)cc1. The molecular weight excluding hydrogens is 372 g/mol. The van der Waals surface area contributed by atoms with Gasteiger partial charge in [0.2, 0.25) is 10.0 Å². The van der Waals surface area contributed by atoms with Gasteiger partial charge in [0.1, 0.15) is 5.82 Å². The van der Waals surface area contributed by atoms with Crippen LogP contribution in [0.15, 0.2) is 35.4 Å². The largest absolute Gasteiger partial charge is 0.329 e. The minimum atomic E-state index is -3.43. The number of fused-ring (bicyclic) bond motifs is 1. The molecule has 7 heteroatoms. The molecule has 1 saturated heterocycles. The Bertz CT molecular complexity index is 934. The van der Waals surface area contributed by atoms with Gasteiger partial charge in [-0.25, -0.2) is 13.4 Å². The second-order valence-corrected chi connectivity index (χ2v) is 10.8. The standard InChI is InChI=1S/C21H30N4O2S/c1-21(2,3)17-4-6-18(7-5-17)28(26,27)24-11-8-16(9-12-24)19-14-23-20-15-22-10-13-25(19)20/h4-7,14,16,22H,8-13,15H2,1-3H3. The van der Waals surface area contributed by atoms with Gasteiger partial charge in [0, 0.05) is 44.0 Å². The fourth-order valence-electron chi connectivity index (χ4n) is 4.21. The molecule has 1 aromatic carbocycles. The Morgan fingerprint density at radius 2 is 1.75 bits per heavy atom. The molecule has 0 radical (unpaired) electrons. The Kier molecular flexibility index (Phi) is 5.10. The van der Waals surface area contributed by atoms with Crippen molar-refractivity contribution in [2.24, 2.45) is 0 Å². The highest BCUT2D eigenvalue weighted by molar-refractivity contribution is 7.89. The second kappa shape index (κ2) is 7.28. The Balaban J connectivity index is 1.46. The summed E-state index contributed by atoms with van der Waals surface area (Å²) in [5.41, 5.74) is 2.42. The van der Waals surface area contributed by atoms with Crippen LogP contribution in [0.25, 0.3) is 0 Å². The third kappa shape index (κ3) is 3.63. The van der Waals surface area contributed by atoms with Crippen molar-refractivity contribution in [2.45, 2.75) is 62.9 Å². The van der Waals surface area contributed by atoms with E-state index in [2.05, 4.69) is 35.6 Å². The van der Waals surface area contributed by atoms with Crippen molar-refractivity contribution in [1.82, 2.24) is 19.2 Å². The number of hydrogen-bond acceptors (Lipinski definition) is 4. The van der Waals surface area contributed by atoms with Crippen LogP contribution >= 0.6 is 0 Å². The topological polar surface area (TPSA) is 67.2 Å². The minimum absolute atomic E-state index is 0.0144. The zero-order chi connectivity index (χ0) is 19.9. The molecule has 0 atom stereocenters. The Hall–Kier alpha value is -1.70. The maximum Gasteiger partial charge on any atom is 0.243 e. The molecule has 1 N–H and O–H groups in total. The summed E-state index contributed by atoms with van der Waals surface area (Å²) >= 11 is 0. The number of sulfonamides is 1. The van der Waals surface area contributed by atoms with Crippen molar-refractivity contribution in [2.75, 3.05) is 19.6 Å². The lowest BCUT2D eigenvalue weighted by atomic mass is 9.87. The summed E-state index contributed by atoms with van der Waals surface area (Å²) in [6, 6.07) is 7.38. The van der Waals surface area contributed by atoms with E-state index in [1.165, 1.54) is 5.69 Å². The maximum atomic E-state index is 13.1. The number of piperidine rings is 1. The average molecular weight is 403 g/mol. The van der Waals surface area contributed by atoms with Gasteiger partial charge < -0.3 is 9.88 Å². The van der Waals surface area contributed by atoms with Crippen molar-refractivity contribution < 1.29 is 8.42 Å². The van der Waals surface area contributed by atoms with Gasteiger partial charge in [-0.2, -0.15) is 4.31 Å². The molecule has 0 unspecified atom stereocenters. The summed E-state index contributed by atoms with van der Waals surface area (Å²) in [5.74, 6) is 1.48. The zero-order valence-electron chi connectivity index (χ0n) is 17.0. The number of nitrogens with one attached hydrogen (secondary N) is 1.